The number of hydrogen-bond donors (Lipinski definition) is 0. The monoisotopic (exact) mass is 235 g/mol. The molecule has 0 aromatic carbocycles. The maximum absolute atomic E-state index is 5.10. The van der Waals surface area contributed by atoms with Crippen LogP contribution in [0, 0.1) is 0 Å². The van der Waals surface area contributed by atoms with E-state index >= 15 is 0 Å². The number of ether oxygens (including phenoxy) is 2. The molecule has 0 unspecified atom stereocenters. The van der Waals surface area contributed by atoms with Crippen LogP contribution in [0.3, 0.4) is 0 Å². The smallest absolute Gasteiger partial charge is 0.870 e. The van der Waals surface area contributed by atoms with E-state index in [-0.39, 0.29) is 56.4 Å². The summed E-state index contributed by atoms with van der Waals surface area (Å²) in [4.78, 5) is 0. The Morgan fingerprint density at radius 1 is 0.857 bits per heavy atom. The maximum Gasteiger partial charge on any atom is 1.00 e. The van der Waals surface area contributed by atoms with Gasteiger partial charge in [-0.05, 0) is 0 Å². The zero-order valence-corrected chi connectivity index (χ0v) is 12.1. The van der Waals surface area contributed by atoms with E-state index in [0.717, 1.165) is 0 Å². The Labute approximate surface area is 114 Å². The van der Waals surface area contributed by atoms with Crippen molar-refractivity contribution in [3.63, 3.8) is 0 Å². The van der Waals surface area contributed by atoms with Crippen molar-refractivity contribution in [1.29, 1.82) is 0 Å². The third kappa shape index (κ3) is 23.3. The first kappa shape index (κ1) is 24.5. The van der Waals surface area contributed by atoms with Gasteiger partial charge in [-0.3, -0.25) is 0 Å². The second kappa shape index (κ2) is 23.8. The normalized spacial score (nSPS) is 7.86. The van der Waals surface area contributed by atoms with Gasteiger partial charge in [-0.1, -0.05) is 0 Å². The molecule has 6 nitrogen and oxygen atoms in total. The van der Waals surface area contributed by atoms with Gasteiger partial charge < -0.3 is 28.0 Å². The largest absolute Gasteiger partial charge is 1.00 e. The van der Waals surface area contributed by atoms with Crippen molar-refractivity contribution in [2.24, 2.45) is 0 Å². The fourth-order valence-electron chi connectivity index (χ4n) is 0.407. The van der Waals surface area contributed by atoms with Gasteiger partial charge in [0.15, 0.2) is 0 Å². The van der Waals surface area contributed by atoms with Crippen LogP contribution in [-0.2, 0) is 17.1 Å². The van der Waals surface area contributed by atoms with Crippen LogP contribution in [0.4, 0.5) is 0 Å². The maximum atomic E-state index is 5.10. The standard InChI is InChI=1S/2C3H7O2.Al.Na.2H2O/c2*1-5-3-2-4;;;;/h2*2-3H2,1H3;;;2*1H2/q2*-1;+2;+1;;/p-1. The number of rotatable bonds is 8. The van der Waals surface area contributed by atoms with Gasteiger partial charge in [-0.15, -0.1) is 0 Å². The molecule has 3 N–H and O–H groups in total. The second-order valence-electron chi connectivity index (χ2n) is 1.82. The summed E-state index contributed by atoms with van der Waals surface area (Å²) in [6.45, 7) is 2.47. The predicted molar refractivity (Wildman–Crippen MR) is 47.0 cm³/mol. The first-order chi connectivity index (χ1) is 5.41. The van der Waals surface area contributed by atoms with Crippen molar-refractivity contribution >= 4 is 15.9 Å². The Kier molecular flexibility index (Phi) is 41.7. The molecule has 0 atom stereocenters. The summed E-state index contributed by atoms with van der Waals surface area (Å²) in [6, 6.07) is 0. The Bertz CT molecular complexity index is 71.3. The van der Waals surface area contributed by atoms with Crippen LogP contribution in [-0.4, -0.2) is 67.5 Å². The van der Waals surface area contributed by atoms with Crippen LogP contribution in [0.2, 0.25) is 0 Å². The van der Waals surface area contributed by atoms with Gasteiger partial charge in [0, 0.05) is 27.4 Å². The van der Waals surface area contributed by atoms with Gasteiger partial charge in [-0.2, -0.15) is 0 Å². The third-order valence-electron chi connectivity index (χ3n) is 0.947. The van der Waals surface area contributed by atoms with E-state index in [1.807, 2.05) is 0 Å². The first-order valence-electron chi connectivity index (χ1n) is 3.44. The Morgan fingerprint density at radius 2 is 1.21 bits per heavy atom. The molecule has 0 rings (SSSR count). The van der Waals surface area contributed by atoms with Gasteiger partial charge in [-0.25, -0.2) is 0 Å². The summed E-state index contributed by atoms with van der Waals surface area (Å²) in [5.41, 5.74) is 0. The predicted octanol–water partition coefficient (Wildman–Crippen LogP) is -4.15. The molecule has 14 heavy (non-hydrogen) atoms. The summed E-state index contributed by atoms with van der Waals surface area (Å²) in [5, 5.41) is 0. The van der Waals surface area contributed by atoms with E-state index in [1.165, 1.54) is 0 Å². The van der Waals surface area contributed by atoms with Gasteiger partial charge >= 0.3 is 45.4 Å². The summed E-state index contributed by atoms with van der Waals surface area (Å²) in [6.07, 6.45) is 0. The summed E-state index contributed by atoms with van der Waals surface area (Å²) >= 11 is -0.349. The minimum atomic E-state index is -0.349. The van der Waals surface area contributed by atoms with Crippen molar-refractivity contribution < 1.29 is 57.6 Å². The topological polar surface area (TPSA) is 98.4 Å². The quantitative estimate of drug-likeness (QED) is 0.314. The van der Waals surface area contributed by atoms with Gasteiger partial charge in [0.05, 0.1) is 13.2 Å². The van der Waals surface area contributed by atoms with Crippen LogP contribution in [0.15, 0.2) is 0 Å². The molecule has 0 saturated heterocycles. The molecular weight excluding hydrogens is 218 g/mol. The molecule has 0 aromatic heterocycles. The number of methoxy groups -OCH3 is 2. The van der Waals surface area contributed by atoms with Crippen LogP contribution in [0.25, 0.3) is 0 Å². The van der Waals surface area contributed by atoms with E-state index in [4.69, 9.17) is 17.1 Å². The molecule has 0 amide bonds. The molecule has 0 saturated carbocycles. The van der Waals surface area contributed by atoms with Gasteiger partial charge in [0.25, 0.3) is 0 Å². The molecule has 0 bridgehead atoms. The molecule has 0 aliphatic heterocycles. The van der Waals surface area contributed by atoms with Crippen molar-refractivity contribution in [1.82, 2.24) is 0 Å². The van der Waals surface area contributed by atoms with Crippen molar-refractivity contribution in [3.05, 3.63) is 0 Å². The van der Waals surface area contributed by atoms with Crippen LogP contribution in [0.5, 0.6) is 0 Å². The van der Waals surface area contributed by atoms with Crippen molar-refractivity contribution in [3.8, 4) is 0 Å². The van der Waals surface area contributed by atoms with Gasteiger partial charge in [0.1, 0.15) is 0 Å². The molecule has 0 aliphatic rings. The molecule has 0 heterocycles. The van der Waals surface area contributed by atoms with E-state index in [1.54, 1.807) is 14.2 Å². The van der Waals surface area contributed by atoms with E-state index in [9.17, 15) is 0 Å². The van der Waals surface area contributed by atoms with Crippen molar-refractivity contribution in [2.75, 3.05) is 40.6 Å². The fraction of sp³-hybridized carbons (Fsp3) is 1.00. The number of hydrogen-bond acceptors (Lipinski definition) is 5. The minimum Gasteiger partial charge on any atom is -0.870 e. The fourth-order valence-corrected chi connectivity index (χ4v) is 0.888. The SMILES string of the molecule is COCC[O][Al][O]CCOC.O.[Na+].[OH-]. The van der Waals surface area contributed by atoms with Gasteiger partial charge in [0.2, 0.25) is 0 Å². The third-order valence-corrected chi connectivity index (χ3v) is 1.69. The zero-order valence-electron chi connectivity index (χ0n) is 8.99. The van der Waals surface area contributed by atoms with E-state index in [2.05, 4.69) is 0 Å². The Balaban J connectivity index is -0.000000167. The minimum absolute atomic E-state index is 0. The molecule has 0 aliphatic carbocycles. The molecule has 0 spiro atoms. The summed E-state index contributed by atoms with van der Waals surface area (Å²) in [5.74, 6) is 0. The Hall–Kier alpha value is 1.29. The molecule has 1 radical (unpaired) electrons. The Morgan fingerprint density at radius 3 is 1.50 bits per heavy atom. The summed E-state index contributed by atoms with van der Waals surface area (Å²) in [7, 11) is 3.29. The average Bonchev–Trinajstić information content (AvgIpc) is 2.03. The first-order valence-corrected chi connectivity index (χ1v) is 4.39. The van der Waals surface area contributed by atoms with Crippen LogP contribution >= 0.6 is 0 Å². The average molecular weight is 235 g/mol. The zero-order chi connectivity index (χ0) is 8.36. The molecule has 0 aromatic rings. The van der Waals surface area contributed by atoms with E-state index < -0.39 is 0 Å². The molecule has 8 heteroatoms. The molecule has 0 fully saturated rings. The molecule has 81 valence electrons. The van der Waals surface area contributed by atoms with Crippen molar-refractivity contribution in [2.45, 2.75) is 0 Å². The summed E-state index contributed by atoms with van der Waals surface area (Å²) < 4.78 is 19.8. The van der Waals surface area contributed by atoms with Crippen LogP contribution in [0.1, 0.15) is 0 Å². The molecular formula is C6H17AlNaO6. The van der Waals surface area contributed by atoms with Crippen LogP contribution < -0.4 is 29.6 Å². The second-order valence-corrected chi connectivity index (χ2v) is 2.68. The van der Waals surface area contributed by atoms with E-state index in [0.29, 0.717) is 26.4 Å².